The van der Waals surface area contributed by atoms with E-state index in [2.05, 4.69) is 15.5 Å². The first-order valence-corrected chi connectivity index (χ1v) is 11.0. The molecule has 2 aromatic carbocycles. The van der Waals surface area contributed by atoms with Gasteiger partial charge in [-0.05, 0) is 49.9 Å². The Kier molecular flexibility index (Phi) is 5.73. The van der Waals surface area contributed by atoms with Gasteiger partial charge in [-0.15, -0.1) is 0 Å². The van der Waals surface area contributed by atoms with Crippen LogP contribution in [-0.2, 0) is 0 Å². The molecule has 0 atom stereocenters. The van der Waals surface area contributed by atoms with Crippen molar-refractivity contribution in [3.63, 3.8) is 0 Å². The lowest BCUT2D eigenvalue weighted by Crippen LogP contribution is -2.39. The molecular weight excluding hydrogens is 416 g/mol. The van der Waals surface area contributed by atoms with Gasteiger partial charge in [0.15, 0.2) is 5.76 Å². The smallest absolute Gasteiger partial charge is 0.251 e. The zero-order valence-corrected chi connectivity index (χ0v) is 17.9. The number of benzene rings is 2. The van der Waals surface area contributed by atoms with Crippen LogP contribution in [0.4, 0.5) is 0 Å². The average Bonchev–Trinajstić information content (AvgIpc) is 3.29. The van der Waals surface area contributed by atoms with Crippen LogP contribution in [0.15, 0.2) is 71.4 Å². The molecule has 33 heavy (non-hydrogen) atoms. The van der Waals surface area contributed by atoms with Crippen molar-refractivity contribution in [1.82, 2.24) is 15.5 Å². The van der Waals surface area contributed by atoms with Gasteiger partial charge in [0.05, 0.1) is 10.9 Å². The molecule has 1 fully saturated rings. The van der Waals surface area contributed by atoms with Crippen LogP contribution < -0.4 is 10.1 Å². The Morgan fingerprint density at radius 1 is 1.06 bits per heavy atom. The molecule has 7 heteroatoms. The summed E-state index contributed by atoms with van der Waals surface area (Å²) in [5.74, 6) is 1.09. The molecule has 1 amide bonds. The van der Waals surface area contributed by atoms with Crippen LogP contribution in [0, 0.1) is 11.3 Å². The molecule has 0 saturated heterocycles. The first-order chi connectivity index (χ1) is 16.2. The normalized spacial score (nSPS) is 17.9. The van der Waals surface area contributed by atoms with Gasteiger partial charge in [-0.1, -0.05) is 35.5 Å². The predicted octanol–water partition coefficient (Wildman–Crippen LogP) is 4.88. The maximum absolute atomic E-state index is 12.9. The maximum Gasteiger partial charge on any atom is 0.251 e. The Morgan fingerprint density at radius 2 is 1.88 bits per heavy atom. The van der Waals surface area contributed by atoms with Crippen molar-refractivity contribution in [1.29, 1.82) is 5.26 Å². The largest absolute Gasteiger partial charge is 0.474 e. The first-order valence-electron chi connectivity index (χ1n) is 11.0. The van der Waals surface area contributed by atoms with Crippen LogP contribution >= 0.6 is 0 Å². The number of ether oxygens (including phenoxy) is 1. The summed E-state index contributed by atoms with van der Waals surface area (Å²) in [6.07, 6.45) is 4.89. The summed E-state index contributed by atoms with van der Waals surface area (Å²) in [5.41, 5.74) is 2.74. The molecule has 7 nitrogen and oxygen atoms in total. The third kappa shape index (κ3) is 4.55. The number of rotatable bonds is 5. The fraction of sp³-hybridized carbons (Fsp3) is 0.231. The number of hydrogen-bond donors (Lipinski definition) is 1. The van der Waals surface area contributed by atoms with Crippen LogP contribution in [0.5, 0.6) is 5.88 Å². The van der Waals surface area contributed by atoms with Gasteiger partial charge >= 0.3 is 0 Å². The Bertz CT molecular complexity index is 1300. The number of nitriles is 1. The lowest BCUT2D eigenvalue weighted by Gasteiger charge is -2.29. The van der Waals surface area contributed by atoms with Crippen molar-refractivity contribution in [3.05, 3.63) is 78.0 Å². The number of carbonyl (C=O) groups excluding carboxylic acids is 1. The summed E-state index contributed by atoms with van der Waals surface area (Å²) >= 11 is 0. The predicted molar refractivity (Wildman–Crippen MR) is 123 cm³/mol. The van der Waals surface area contributed by atoms with E-state index in [4.69, 9.17) is 14.5 Å². The number of aromatic nitrogens is 2. The van der Waals surface area contributed by atoms with Crippen molar-refractivity contribution in [2.24, 2.45) is 0 Å². The van der Waals surface area contributed by atoms with Crippen LogP contribution in [0.3, 0.4) is 0 Å². The minimum atomic E-state index is -0.102. The lowest BCUT2D eigenvalue weighted by atomic mass is 9.92. The molecule has 1 aliphatic carbocycles. The third-order valence-corrected chi connectivity index (χ3v) is 5.94. The van der Waals surface area contributed by atoms with Gasteiger partial charge in [-0.3, -0.25) is 4.79 Å². The highest BCUT2D eigenvalue weighted by Crippen LogP contribution is 2.29. The minimum absolute atomic E-state index is 0.0559. The van der Waals surface area contributed by atoms with Crippen molar-refractivity contribution in [2.45, 2.75) is 37.8 Å². The Morgan fingerprint density at radius 3 is 2.61 bits per heavy atom. The Hall–Kier alpha value is -4.18. The number of hydrogen-bond acceptors (Lipinski definition) is 6. The number of fused-ring (bicyclic) bond motifs is 1. The minimum Gasteiger partial charge on any atom is -0.474 e. The zero-order valence-electron chi connectivity index (χ0n) is 17.9. The molecule has 2 heterocycles. The van der Waals surface area contributed by atoms with Gasteiger partial charge in [0, 0.05) is 29.4 Å². The molecule has 1 saturated carbocycles. The third-order valence-electron chi connectivity index (χ3n) is 5.94. The summed E-state index contributed by atoms with van der Waals surface area (Å²) in [6.45, 7) is 0. The molecule has 0 bridgehead atoms. The topological polar surface area (TPSA) is 101 Å². The molecule has 2 aromatic heterocycles. The van der Waals surface area contributed by atoms with Crippen LogP contribution in [0.25, 0.3) is 22.2 Å². The van der Waals surface area contributed by atoms with E-state index in [-0.39, 0.29) is 18.1 Å². The van der Waals surface area contributed by atoms with E-state index in [0.29, 0.717) is 22.8 Å². The summed E-state index contributed by atoms with van der Waals surface area (Å²) < 4.78 is 11.5. The van der Waals surface area contributed by atoms with Gasteiger partial charge in [0.25, 0.3) is 5.91 Å². The number of nitrogens with zero attached hydrogens (tertiary/aromatic N) is 3. The molecule has 1 aliphatic rings. The monoisotopic (exact) mass is 438 g/mol. The van der Waals surface area contributed by atoms with E-state index in [1.807, 2.05) is 48.5 Å². The second-order valence-corrected chi connectivity index (χ2v) is 8.17. The van der Waals surface area contributed by atoms with Gasteiger partial charge in [0.1, 0.15) is 17.7 Å². The number of pyridine rings is 1. The lowest BCUT2D eigenvalue weighted by molar-refractivity contribution is 0.0890. The van der Waals surface area contributed by atoms with E-state index in [1.54, 1.807) is 18.2 Å². The molecule has 164 valence electrons. The second-order valence-electron chi connectivity index (χ2n) is 8.17. The number of carbonyl (C=O) groups is 1. The van der Waals surface area contributed by atoms with Crippen molar-refractivity contribution in [3.8, 4) is 23.3 Å². The summed E-state index contributed by atoms with van der Waals surface area (Å²) in [6, 6.07) is 20.7. The van der Waals surface area contributed by atoms with E-state index in [0.717, 1.165) is 42.1 Å². The Labute approximate surface area is 191 Å². The summed E-state index contributed by atoms with van der Waals surface area (Å²) in [7, 11) is 0. The molecule has 5 rings (SSSR count). The second kappa shape index (κ2) is 9.13. The van der Waals surface area contributed by atoms with E-state index in [1.165, 1.54) is 6.20 Å². The van der Waals surface area contributed by atoms with E-state index in [9.17, 15) is 4.79 Å². The molecule has 0 radical (unpaired) electrons. The standard InChI is InChI=1S/C26H22N4O3/c27-15-17-6-13-24(28-16-17)32-21-10-8-20(9-11-21)29-26(31)19-7-12-23-22(14-19)25(33-30-23)18-4-2-1-3-5-18/h1-7,12-14,16,20-21H,8-11H2,(H,29,31). The van der Waals surface area contributed by atoms with Crippen molar-refractivity contribution in [2.75, 3.05) is 0 Å². The average molecular weight is 438 g/mol. The fourth-order valence-electron chi connectivity index (χ4n) is 4.16. The van der Waals surface area contributed by atoms with Gasteiger partial charge in [-0.25, -0.2) is 4.98 Å². The van der Waals surface area contributed by atoms with Crippen LogP contribution in [-0.4, -0.2) is 28.2 Å². The SMILES string of the molecule is N#Cc1ccc(OC2CCC(NC(=O)c3ccc4noc(-c5ccccc5)c4c3)CC2)nc1. The van der Waals surface area contributed by atoms with Gasteiger partial charge in [-0.2, -0.15) is 5.26 Å². The summed E-state index contributed by atoms with van der Waals surface area (Å²) in [5, 5.41) is 17.0. The Balaban J connectivity index is 1.21. The van der Waals surface area contributed by atoms with Crippen LogP contribution in [0.1, 0.15) is 41.6 Å². The molecule has 0 spiro atoms. The van der Waals surface area contributed by atoms with Crippen LogP contribution in [0.2, 0.25) is 0 Å². The maximum atomic E-state index is 12.9. The van der Waals surface area contributed by atoms with E-state index < -0.39 is 0 Å². The molecule has 1 N–H and O–H groups in total. The number of nitrogens with one attached hydrogen (secondary N) is 1. The first kappa shape index (κ1) is 20.7. The highest BCUT2D eigenvalue weighted by Gasteiger charge is 2.24. The van der Waals surface area contributed by atoms with Crippen molar-refractivity contribution >= 4 is 16.8 Å². The molecule has 0 unspecified atom stereocenters. The molecule has 4 aromatic rings. The fourth-order valence-corrected chi connectivity index (χ4v) is 4.16. The molecule has 0 aliphatic heterocycles. The van der Waals surface area contributed by atoms with E-state index >= 15 is 0 Å². The summed E-state index contributed by atoms with van der Waals surface area (Å²) in [4.78, 5) is 17.1. The van der Waals surface area contributed by atoms with Gasteiger partial charge in [0.2, 0.25) is 5.88 Å². The highest BCUT2D eigenvalue weighted by molar-refractivity contribution is 6.01. The zero-order chi connectivity index (χ0) is 22.6. The highest BCUT2D eigenvalue weighted by atomic mass is 16.5. The van der Waals surface area contributed by atoms with Gasteiger partial charge < -0.3 is 14.6 Å². The van der Waals surface area contributed by atoms with Crippen molar-refractivity contribution < 1.29 is 14.1 Å². The molecular formula is C26H22N4O3. The number of amides is 1. The quantitative estimate of drug-likeness (QED) is 0.476.